The van der Waals surface area contributed by atoms with Crippen molar-refractivity contribution in [2.45, 2.75) is 67.4 Å². The van der Waals surface area contributed by atoms with E-state index in [1.807, 2.05) is 0 Å². The third kappa shape index (κ3) is 7.84. The quantitative estimate of drug-likeness (QED) is 0.106. The largest absolute Gasteiger partial charge is 0.459 e. The molecule has 0 radical (unpaired) electrons. The van der Waals surface area contributed by atoms with E-state index in [9.17, 15) is 19.7 Å². The van der Waals surface area contributed by atoms with Gasteiger partial charge in [0, 0.05) is 29.5 Å². The summed E-state index contributed by atoms with van der Waals surface area (Å²) in [5, 5.41) is 14.4. The molecule has 1 fully saturated rings. The van der Waals surface area contributed by atoms with Crippen molar-refractivity contribution < 1.29 is 24.0 Å². The van der Waals surface area contributed by atoms with Crippen molar-refractivity contribution in [1.29, 1.82) is 0 Å². The number of hydrogen-bond acceptors (Lipinski definition) is 7. The molecular weight excluding hydrogens is 628 g/mol. The maximum absolute atomic E-state index is 14.4. The van der Waals surface area contributed by atoms with Crippen molar-refractivity contribution in [1.82, 2.24) is 19.5 Å². The Kier molecular flexibility index (Phi) is 10.7. The van der Waals surface area contributed by atoms with Crippen LogP contribution in [0.15, 0.2) is 24.3 Å². The average Bonchev–Trinajstić information content (AvgIpc) is 3.58. The van der Waals surface area contributed by atoms with Gasteiger partial charge in [-0.1, -0.05) is 60.6 Å². The molecule has 0 saturated heterocycles. The lowest BCUT2D eigenvalue weighted by molar-refractivity contribution is -0.384. The lowest BCUT2D eigenvalue weighted by Crippen LogP contribution is -2.49. The average molecular weight is 671 g/mol. The van der Waals surface area contributed by atoms with E-state index < -0.39 is 23.1 Å². The number of carbonyl (C=O) groups is 2. The van der Waals surface area contributed by atoms with E-state index in [4.69, 9.17) is 29.2 Å². The smallest absolute Gasteiger partial charge is 0.415 e. The fraction of sp³-hybridized carbons (Fsp3) is 0.543. The number of benzene rings is 1. The summed E-state index contributed by atoms with van der Waals surface area (Å²) in [6, 6.07) is 5.71. The number of nitrogens with zero attached hydrogens (tertiary/aromatic N) is 7. The molecule has 14 nitrogen and oxygen atoms in total. The molecule has 1 amide bonds. The number of aromatic amines is 1. The zero-order chi connectivity index (χ0) is 36.3. The predicted octanol–water partition coefficient (Wildman–Crippen LogP) is 7.71. The number of ether oxygens (including phenoxy) is 2. The van der Waals surface area contributed by atoms with E-state index in [1.165, 1.54) is 27.6 Å². The van der Waals surface area contributed by atoms with Crippen LogP contribution in [0.2, 0.25) is 0 Å². The summed E-state index contributed by atoms with van der Waals surface area (Å²) in [4.78, 5) is 54.7. The fourth-order valence-electron chi connectivity index (χ4n) is 6.59. The number of carbonyl (C=O) groups excluding carboxylic acids is 2. The topological polar surface area (TPSA) is 145 Å². The second-order valence-electron chi connectivity index (χ2n) is 14.7. The van der Waals surface area contributed by atoms with Gasteiger partial charge in [0.25, 0.3) is 11.4 Å². The van der Waals surface area contributed by atoms with Crippen LogP contribution in [-0.4, -0.2) is 68.8 Å². The van der Waals surface area contributed by atoms with Crippen LogP contribution >= 0.6 is 0 Å². The van der Waals surface area contributed by atoms with Crippen LogP contribution in [0.4, 0.5) is 16.2 Å². The molecule has 0 aliphatic heterocycles. The number of nitro groups is 1. The van der Waals surface area contributed by atoms with E-state index in [1.54, 1.807) is 6.07 Å². The van der Waals surface area contributed by atoms with Gasteiger partial charge in [-0.2, -0.15) is 0 Å². The van der Waals surface area contributed by atoms with E-state index >= 15 is 0 Å². The maximum atomic E-state index is 14.4. The van der Waals surface area contributed by atoms with Crippen LogP contribution < -0.4 is 4.74 Å². The third-order valence-electron chi connectivity index (χ3n) is 9.14. The molecule has 2 heterocycles. The number of fused-ring (bicyclic) bond motifs is 1. The summed E-state index contributed by atoms with van der Waals surface area (Å²) in [7, 11) is 0. The Bertz CT molecular complexity index is 1820. The van der Waals surface area contributed by atoms with Gasteiger partial charge < -0.3 is 19.2 Å². The van der Waals surface area contributed by atoms with Gasteiger partial charge in [0.05, 0.1) is 24.6 Å². The van der Waals surface area contributed by atoms with Crippen molar-refractivity contribution in [3.05, 3.63) is 74.2 Å². The lowest BCUT2D eigenvalue weighted by atomic mass is 9.59. The first-order valence-electron chi connectivity index (χ1n) is 16.1. The standard InChI is InChI=1S/C35H42N8O6/c1-21-18-24(34(2,3)4)28(25(19-21)35(5,6)7)48-32(44)26-27(38-10)31(49-33(45)41(16-14-36-8)17-15-37-9)42-30(26)39-29(40-42)22-12-11-13-23(20-22)43(46)47/h11-13,20-21,24-25,28H,14-19H2,1-7H3,(H,39,40). The molecule has 49 heavy (non-hydrogen) atoms. The summed E-state index contributed by atoms with van der Waals surface area (Å²) in [6.45, 7) is 37.2. The van der Waals surface area contributed by atoms with Crippen molar-refractivity contribution in [2.75, 3.05) is 26.2 Å². The molecule has 2 aromatic heterocycles. The van der Waals surface area contributed by atoms with Gasteiger partial charge in [0.15, 0.2) is 11.5 Å². The lowest BCUT2D eigenvalue weighted by Gasteiger charge is -2.50. The highest BCUT2D eigenvalue weighted by Crippen LogP contribution is 2.50. The van der Waals surface area contributed by atoms with Crippen LogP contribution in [-0.2, 0) is 4.74 Å². The van der Waals surface area contributed by atoms with Crippen LogP contribution in [0.5, 0.6) is 5.88 Å². The molecule has 14 heteroatoms. The van der Waals surface area contributed by atoms with Crippen LogP contribution in [0.1, 0.15) is 71.7 Å². The minimum absolute atomic E-state index is 0.00860. The molecule has 2 unspecified atom stereocenters. The molecule has 0 spiro atoms. The van der Waals surface area contributed by atoms with Gasteiger partial charge in [-0.05, 0) is 29.6 Å². The fourth-order valence-corrected chi connectivity index (χ4v) is 6.59. The molecule has 258 valence electrons. The summed E-state index contributed by atoms with van der Waals surface area (Å²) in [5.41, 5.74) is -0.848. The van der Waals surface area contributed by atoms with Gasteiger partial charge in [-0.15, -0.1) is 0 Å². The third-order valence-corrected chi connectivity index (χ3v) is 9.14. The van der Waals surface area contributed by atoms with Gasteiger partial charge in [0.1, 0.15) is 11.7 Å². The van der Waals surface area contributed by atoms with E-state index in [0.717, 1.165) is 12.8 Å². The van der Waals surface area contributed by atoms with Crippen LogP contribution in [0, 0.1) is 58.4 Å². The Hall–Kier alpha value is -5.42. The number of hydrogen-bond donors (Lipinski definition) is 1. The summed E-state index contributed by atoms with van der Waals surface area (Å²) < 4.78 is 13.4. The number of nitro benzene ring substituents is 1. The highest BCUT2D eigenvalue weighted by Gasteiger charge is 2.48. The Balaban J connectivity index is 1.88. The highest BCUT2D eigenvalue weighted by molar-refractivity contribution is 6.05. The van der Waals surface area contributed by atoms with Crippen molar-refractivity contribution >= 4 is 29.1 Å². The molecule has 0 bridgehead atoms. The molecule has 1 aliphatic carbocycles. The predicted molar refractivity (Wildman–Crippen MR) is 182 cm³/mol. The molecule has 1 N–H and O–H groups in total. The maximum Gasteiger partial charge on any atom is 0.415 e. The second kappa shape index (κ2) is 14.4. The van der Waals surface area contributed by atoms with E-state index in [0.29, 0.717) is 11.5 Å². The van der Waals surface area contributed by atoms with E-state index in [-0.39, 0.29) is 83.1 Å². The van der Waals surface area contributed by atoms with Gasteiger partial charge in [0.2, 0.25) is 19.0 Å². The zero-order valence-corrected chi connectivity index (χ0v) is 28.9. The van der Waals surface area contributed by atoms with Crippen molar-refractivity contribution in [2.24, 2.45) is 28.6 Å². The minimum atomic E-state index is -0.926. The van der Waals surface area contributed by atoms with E-state index in [2.05, 4.69) is 73.1 Å². The number of nitrogens with one attached hydrogen (secondary N) is 1. The summed E-state index contributed by atoms with van der Waals surface area (Å²) in [6.07, 6.45) is 0.283. The van der Waals surface area contributed by atoms with Crippen LogP contribution in [0.3, 0.4) is 0 Å². The molecule has 1 saturated carbocycles. The normalized spacial score (nSPS) is 19.3. The Morgan fingerprint density at radius 2 is 1.65 bits per heavy atom. The first-order chi connectivity index (χ1) is 23.0. The molecule has 3 aromatic rings. The van der Waals surface area contributed by atoms with Crippen molar-refractivity contribution in [3.8, 4) is 17.3 Å². The number of non-ortho nitro benzene ring substituents is 1. The first-order valence-corrected chi connectivity index (χ1v) is 16.1. The monoisotopic (exact) mass is 670 g/mol. The summed E-state index contributed by atoms with van der Waals surface area (Å²) >= 11 is 0. The highest BCUT2D eigenvalue weighted by atomic mass is 16.6. The second-order valence-corrected chi connectivity index (χ2v) is 14.7. The Labute approximate surface area is 286 Å². The Morgan fingerprint density at radius 3 is 2.16 bits per heavy atom. The van der Waals surface area contributed by atoms with Crippen molar-refractivity contribution in [3.63, 3.8) is 0 Å². The number of amides is 1. The molecule has 4 rings (SSSR count). The number of rotatable bonds is 9. The molecule has 2 atom stereocenters. The summed E-state index contributed by atoms with van der Waals surface area (Å²) in [5.74, 6) is -0.593. The Morgan fingerprint density at radius 1 is 1.06 bits per heavy atom. The first kappa shape index (κ1) is 36.4. The SMILES string of the molecule is [C-]#[N+]CCN(CC[N+]#[C-])C(=O)Oc1c([N+]#[C-])c(C(=O)OC2C(C(C)(C)C)CC(C)CC2C(C)(C)C)c2nc(-c3cccc([N+](=O)[O-])c3)[nH]n12. The zero-order valence-electron chi connectivity index (χ0n) is 28.9. The number of H-pyrrole nitrogens is 1. The molecule has 1 aromatic carbocycles. The van der Waals surface area contributed by atoms with Gasteiger partial charge in [-0.25, -0.2) is 37.1 Å². The number of esters is 1. The minimum Gasteiger partial charge on any atom is -0.459 e. The number of aromatic nitrogens is 3. The molecular formula is C35H42N8O6. The van der Waals surface area contributed by atoms with Crippen LogP contribution in [0.25, 0.3) is 31.6 Å². The molecule has 1 aliphatic rings. The van der Waals surface area contributed by atoms with Gasteiger partial charge >= 0.3 is 12.1 Å². The van der Waals surface area contributed by atoms with Gasteiger partial charge in [-0.3, -0.25) is 20.1 Å².